The number of hydrogen-bond acceptors (Lipinski definition) is 3. The Labute approximate surface area is 180 Å². The Kier molecular flexibility index (Phi) is 6.82. The summed E-state index contributed by atoms with van der Waals surface area (Å²) in [5, 5.41) is 9.23. The van der Waals surface area contributed by atoms with Gasteiger partial charge in [-0.25, -0.2) is 22.4 Å². The quantitative estimate of drug-likeness (QED) is 0.364. The summed E-state index contributed by atoms with van der Waals surface area (Å²) in [5.41, 5.74) is -0.609. The number of carboxylic acid groups (broad SMARTS) is 1. The second kappa shape index (κ2) is 9.55. The van der Waals surface area contributed by atoms with E-state index >= 15 is 0 Å². The number of carbonyl (C=O) groups is 3. The van der Waals surface area contributed by atoms with Gasteiger partial charge in [0.25, 0.3) is 0 Å². The number of aromatic carboxylic acids is 1. The molecule has 1 N–H and O–H groups in total. The minimum atomic E-state index is -1.24. The Balaban J connectivity index is 1.95. The standard InChI is InChI=1S/C24H16F4O4/c25-16-4-6-18(20(27)11-16)22(29)9-15(13-2-1-3-14(8-13)24(31)32)10-23(30)19-7-5-17(26)12-21(19)28/h1-8,11-12,15H,9-10H2,(H,31,32). The lowest BCUT2D eigenvalue weighted by Gasteiger charge is -2.17. The van der Waals surface area contributed by atoms with Crippen molar-refractivity contribution in [3.63, 3.8) is 0 Å². The molecule has 4 nitrogen and oxygen atoms in total. The van der Waals surface area contributed by atoms with E-state index in [1.807, 2.05) is 0 Å². The molecule has 0 aliphatic rings. The van der Waals surface area contributed by atoms with Gasteiger partial charge in [-0.15, -0.1) is 0 Å². The molecular weight excluding hydrogens is 428 g/mol. The fourth-order valence-corrected chi connectivity index (χ4v) is 3.33. The first-order valence-corrected chi connectivity index (χ1v) is 9.45. The third-order valence-corrected chi connectivity index (χ3v) is 4.93. The maximum Gasteiger partial charge on any atom is 0.335 e. The molecule has 0 saturated heterocycles. The molecule has 3 rings (SSSR count). The van der Waals surface area contributed by atoms with E-state index in [-0.39, 0.29) is 11.1 Å². The van der Waals surface area contributed by atoms with Gasteiger partial charge in [-0.3, -0.25) is 9.59 Å². The zero-order valence-electron chi connectivity index (χ0n) is 16.4. The Morgan fingerprint density at radius 3 is 1.66 bits per heavy atom. The maximum atomic E-state index is 14.1. The van der Waals surface area contributed by atoms with Gasteiger partial charge in [-0.2, -0.15) is 0 Å². The average Bonchev–Trinajstić information content (AvgIpc) is 2.73. The zero-order valence-corrected chi connectivity index (χ0v) is 16.4. The van der Waals surface area contributed by atoms with Crippen molar-refractivity contribution in [2.45, 2.75) is 18.8 Å². The molecule has 0 spiro atoms. The topological polar surface area (TPSA) is 71.4 Å². The molecule has 0 aliphatic heterocycles. The molecule has 0 saturated carbocycles. The van der Waals surface area contributed by atoms with Gasteiger partial charge in [0.1, 0.15) is 23.3 Å². The summed E-state index contributed by atoms with van der Waals surface area (Å²) >= 11 is 0. The van der Waals surface area contributed by atoms with Crippen LogP contribution in [-0.4, -0.2) is 22.6 Å². The SMILES string of the molecule is O=C(O)c1cccc(C(CC(=O)c2ccc(F)cc2F)CC(=O)c2ccc(F)cc2F)c1. The molecule has 0 unspecified atom stereocenters. The van der Waals surface area contributed by atoms with Gasteiger partial charge in [-0.05, 0) is 47.9 Å². The third-order valence-electron chi connectivity index (χ3n) is 4.93. The Hall–Kier alpha value is -3.81. The van der Waals surface area contributed by atoms with Crippen molar-refractivity contribution in [2.75, 3.05) is 0 Å². The summed E-state index contributed by atoms with van der Waals surface area (Å²) in [6, 6.07) is 10.3. The number of halogens is 4. The summed E-state index contributed by atoms with van der Waals surface area (Å²) in [5.74, 6) is -7.58. The van der Waals surface area contributed by atoms with E-state index in [4.69, 9.17) is 0 Å². The van der Waals surface area contributed by atoms with Gasteiger partial charge in [0, 0.05) is 25.0 Å². The first-order chi connectivity index (χ1) is 15.2. The average molecular weight is 444 g/mol. The molecular formula is C24H16F4O4. The minimum Gasteiger partial charge on any atom is -0.478 e. The van der Waals surface area contributed by atoms with Crippen LogP contribution in [0.2, 0.25) is 0 Å². The van der Waals surface area contributed by atoms with E-state index in [2.05, 4.69) is 0 Å². The lowest BCUT2D eigenvalue weighted by molar-refractivity contribution is 0.0696. The highest BCUT2D eigenvalue weighted by molar-refractivity contribution is 5.99. The summed E-state index contributed by atoms with van der Waals surface area (Å²) in [6.07, 6.45) is -0.861. The number of carbonyl (C=O) groups excluding carboxylic acids is 2. The predicted molar refractivity (Wildman–Crippen MR) is 107 cm³/mol. The van der Waals surface area contributed by atoms with Crippen LogP contribution in [0.25, 0.3) is 0 Å². The van der Waals surface area contributed by atoms with Crippen LogP contribution < -0.4 is 0 Å². The molecule has 8 heteroatoms. The van der Waals surface area contributed by atoms with E-state index in [1.54, 1.807) is 0 Å². The number of benzene rings is 3. The normalized spacial score (nSPS) is 10.9. The summed E-state index contributed by atoms with van der Waals surface area (Å²) in [4.78, 5) is 36.7. The zero-order chi connectivity index (χ0) is 23.4. The predicted octanol–water partition coefficient (Wildman–Crippen LogP) is 5.57. The number of rotatable bonds is 8. The Bertz CT molecular complexity index is 1140. The monoisotopic (exact) mass is 444 g/mol. The molecule has 32 heavy (non-hydrogen) atoms. The molecule has 0 heterocycles. The van der Waals surface area contributed by atoms with Crippen molar-refractivity contribution >= 4 is 17.5 Å². The van der Waals surface area contributed by atoms with Crippen molar-refractivity contribution in [3.8, 4) is 0 Å². The highest BCUT2D eigenvalue weighted by Gasteiger charge is 2.25. The van der Waals surface area contributed by atoms with Crippen LogP contribution in [0.1, 0.15) is 55.4 Å². The lowest BCUT2D eigenvalue weighted by Crippen LogP contribution is -2.15. The molecule has 164 valence electrons. The molecule has 0 atom stereocenters. The molecule has 3 aromatic carbocycles. The van der Waals surface area contributed by atoms with Crippen molar-refractivity contribution in [3.05, 3.63) is 106 Å². The van der Waals surface area contributed by atoms with Crippen LogP contribution in [0.4, 0.5) is 17.6 Å². The van der Waals surface area contributed by atoms with Crippen LogP contribution in [-0.2, 0) is 0 Å². The van der Waals surface area contributed by atoms with E-state index in [0.717, 1.165) is 24.3 Å². The van der Waals surface area contributed by atoms with Gasteiger partial charge in [0.15, 0.2) is 11.6 Å². The fourth-order valence-electron chi connectivity index (χ4n) is 3.33. The Morgan fingerprint density at radius 1 is 0.719 bits per heavy atom. The smallest absolute Gasteiger partial charge is 0.335 e. The van der Waals surface area contributed by atoms with Crippen molar-refractivity contribution in [1.29, 1.82) is 0 Å². The van der Waals surface area contributed by atoms with E-state index in [1.165, 1.54) is 24.3 Å². The third kappa shape index (κ3) is 5.26. The first-order valence-electron chi connectivity index (χ1n) is 9.45. The number of carboxylic acids is 1. The van der Waals surface area contributed by atoms with Crippen LogP contribution in [0, 0.1) is 23.3 Å². The van der Waals surface area contributed by atoms with E-state index in [9.17, 15) is 37.1 Å². The first kappa shape index (κ1) is 22.9. The van der Waals surface area contributed by atoms with Gasteiger partial charge in [-0.1, -0.05) is 12.1 Å². The van der Waals surface area contributed by atoms with Crippen molar-refractivity contribution < 1.29 is 37.1 Å². The molecule has 0 radical (unpaired) electrons. The molecule has 0 fully saturated rings. The van der Waals surface area contributed by atoms with E-state index in [0.29, 0.717) is 12.1 Å². The van der Waals surface area contributed by atoms with Gasteiger partial charge in [0.2, 0.25) is 0 Å². The van der Waals surface area contributed by atoms with Crippen LogP contribution >= 0.6 is 0 Å². The number of hydrogen-bond donors (Lipinski definition) is 1. The minimum absolute atomic E-state index is 0.103. The molecule has 0 aliphatic carbocycles. The van der Waals surface area contributed by atoms with Gasteiger partial charge in [0.05, 0.1) is 16.7 Å². The second-order valence-electron chi connectivity index (χ2n) is 7.13. The lowest BCUT2D eigenvalue weighted by atomic mass is 9.85. The highest BCUT2D eigenvalue weighted by atomic mass is 19.1. The Morgan fingerprint density at radius 2 is 1.22 bits per heavy atom. The summed E-state index contributed by atoms with van der Waals surface area (Å²) < 4.78 is 54.4. The van der Waals surface area contributed by atoms with Crippen LogP contribution in [0.3, 0.4) is 0 Å². The molecule has 0 amide bonds. The number of Topliss-reactive ketones (excluding diaryl/α,β-unsaturated/α-hetero) is 2. The largest absolute Gasteiger partial charge is 0.478 e. The molecule has 0 aromatic heterocycles. The summed E-state index contributed by atoms with van der Waals surface area (Å²) in [6.45, 7) is 0. The van der Waals surface area contributed by atoms with Crippen molar-refractivity contribution in [1.82, 2.24) is 0 Å². The maximum absolute atomic E-state index is 14.1. The summed E-state index contributed by atoms with van der Waals surface area (Å²) in [7, 11) is 0. The highest BCUT2D eigenvalue weighted by Crippen LogP contribution is 2.29. The van der Waals surface area contributed by atoms with E-state index < -0.39 is 70.7 Å². The van der Waals surface area contributed by atoms with Crippen LogP contribution in [0.15, 0.2) is 60.7 Å². The second-order valence-corrected chi connectivity index (χ2v) is 7.13. The van der Waals surface area contributed by atoms with Crippen LogP contribution in [0.5, 0.6) is 0 Å². The number of ketones is 2. The molecule has 0 bridgehead atoms. The fraction of sp³-hybridized carbons (Fsp3) is 0.125. The van der Waals surface area contributed by atoms with Gasteiger partial charge < -0.3 is 5.11 Å². The van der Waals surface area contributed by atoms with Gasteiger partial charge >= 0.3 is 5.97 Å². The molecule has 3 aromatic rings. The van der Waals surface area contributed by atoms with Crippen molar-refractivity contribution in [2.24, 2.45) is 0 Å².